The van der Waals surface area contributed by atoms with Crippen molar-refractivity contribution in [2.75, 3.05) is 0 Å². The quantitative estimate of drug-likeness (QED) is 0.748. The molecule has 0 aliphatic rings. The Morgan fingerprint density at radius 2 is 2.00 bits per heavy atom. The molecule has 1 unspecified atom stereocenters. The van der Waals surface area contributed by atoms with Gasteiger partial charge in [0.1, 0.15) is 0 Å². The van der Waals surface area contributed by atoms with Crippen LogP contribution >= 0.6 is 0 Å². The molecule has 0 aliphatic heterocycles. The molecule has 0 spiro atoms. The maximum absolute atomic E-state index is 5.32. The van der Waals surface area contributed by atoms with Crippen molar-refractivity contribution in [2.24, 2.45) is 11.7 Å². The summed E-state index contributed by atoms with van der Waals surface area (Å²) in [6.45, 7) is 2.19. The zero-order chi connectivity index (χ0) is 9.52. The van der Waals surface area contributed by atoms with Gasteiger partial charge >= 0.3 is 0 Å². The molecule has 0 saturated heterocycles. The molecule has 1 rings (SSSR count). The summed E-state index contributed by atoms with van der Waals surface area (Å²) in [5.41, 5.74) is 6.72. The van der Waals surface area contributed by atoms with Gasteiger partial charge in [0.05, 0.1) is 0 Å². The first-order valence-electron chi connectivity index (χ1n) is 4.75. The van der Waals surface area contributed by atoms with Gasteiger partial charge in [-0.2, -0.15) is 0 Å². The van der Waals surface area contributed by atoms with Crippen LogP contribution in [-0.2, 0) is 6.42 Å². The highest BCUT2D eigenvalue weighted by molar-refractivity contribution is 5.14. The summed E-state index contributed by atoms with van der Waals surface area (Å²) in [5, 5.41) is 0. The molecule has 13 heavy (non-hydrogen) atoms. The Labute approximate surface area is 80.3 Å². The minimum atomic E-state index is 0.574. The van der Waals surface area contributed by atoms with Gasteiger partial charge in [-0.3, -0.25) is 0 Å². The average Bonchev–Trinajstić information content (AvgIpc) is 2.17. The van der Waals surface area contributed by atoms with E-state index in [1.807, 2.05) is 12.1 Å². The fourth-order valence-corrected chi connectivity index (χ4v) is 1.32. The van der Waals surface area contributed by atoms with E-state index in [4.69, 9.17) is 5.73 Å². The second-order valence-electron chi connectivity index (χ2n) is 3.39. The second-order valence-corrected chi connectivity index (χ2v) is 3.39. The number of rotatable bonds is 4. The van der Waals surface area contributed by atoms with Gasteiger partial charge in [-0.15, -0.1) is 0 Å². The van der Waals surface area contributed by atoms with Crippen molar-refractivity contribution in [3.8, 4) is 0 Å². The average molecular weight is 175 g/mol. The molecule has 1 aromatic rings. The first kappa shape index (κ1) is 9.85. The Hall–Kier alpha value is -1.24. The SMILES string of the molecule is CC(C=CN)CCc1ccccc1. The molecule has 70 valence electrons. The van der Waals surface area contributed by atoms with E-state index in [0.717, 1.165) is 12.8 Å². The number of hydrogen-bond acceptors (Lipinski definition) is 1. The van der Waals surface area contributed by atoms with E-state index in [-0.39, 0.29) is 0 Å². The van der Waals surface area contributed by atoms with Gasteiger partial charge in [-0.05, 0) is 30.5 Å². The van der Waals surface area contributed by atoms with Crippen LogP contribution in [0.4, 0.5) is 0 Å². The molecular weight excluding hydrogens is 158 g/mol. The molecule has 0 bridgehead atoms. The summed E-state index contributed by atoms with van der Waals surface area (Å²) >= 11 is 0. The molecule has 2 N–H and O–H groups in total. The lowest BCUT2D eigenvalue weighted by molar-refractivity contribution is 0.646. The highest BCUT2D eigenvalue weighted by atomic mass is 14.5. The van der Waals surface area contributed by atoms with E-state index in [0.29, 0.717) is 5.92 Å². The first-order chi connectivity index (χ1) is 6.33. The lowest BCUT2D eigenvalue weighted by atomic mass is 10.0. The molecule has 1 nitrogen and oxygen atoms in total. The van der Waals surface area contributed by atoms with Crippen molar-refractivity contribution >= 4 is 0 Å². The van der Waals surface area contributed by atoms with Crippen LogP contribution in [0.5, 0.6) is 0 Å². The van der Waals surface area contributed by atoms with Crippen LogP contribution in [0.15, 0.2) is 42.6 Å². The summed E-state index contributed by atoms with van der Waals surface area (Å²) < 4.78 is 0. The van der Waals surface area contributed by atoms with Gasteiger partial charge in [0, 0.05) is 0 Å². The Kier molecular flexibility index (Phi) is 4.10. The van der Waals surface area contributed by atoms with E-state index >= 15 is 0 Å². The Morgan fingerprint density at radius 1 is 1.31 bits per heavy atom. The van der Waals surface area contributed by atoms with Crippen molar-refractivity contribution in [1.29, 1.82) is 0 Å². The normalized spacial score (nSPS) is 13.3. The summed E-state index contributed by atoms with van der Waals surface area (Å²) in [5.74, 6) is 0.574. The lowest BCUT2D eigenvalue weighted by Gasteiger charge is -2.05. The second kappa shape index (κ2) is 5.41. The van der Waals surface area contributed by atoms with Crippen LogP contribution in [-0.4, -0.2) is 0 Å². The van der Waals surface area contributed by atoms with E-state index in [1.54, 1.807) is 6.20 Å². The molecule has 0 fully saturated rings. The third-order valence-corrected chi connectivity index (χ3v) is 2.17. The number of allylic oxidation sites excluding steroid dienone is 1. The largest absolute Gasteiger partial charge is 0.405 e. The molecule has 0 amide bonds. The van der Waals surface area contributed by atoms with Crippen molar-refractivity contribution in [2.45, 2.75) is 19.8 Å². The summed E-state index contributed by atoms with van der Waals surface area (Å²) in [6, 6.07) is 10.5. The smallest absolute Gasteiger partial charge is 0.0100 e. The van der Waals surface area contributed by atoms with E-state index in [9.17, 15) is 0 Å². The van der Waals surface area contributed by atoms with Gasteiger partial charge in [-0.1, -0.05) is 43.3 Å². The van der Waals surface area contributed by atoms with Crippen LogP contribution in [0.3, 0.4) is 0 Å². The highest BCUT2D eigenvalue weighted by Crippen LogP contribution is 2.09. The number of hydrogen-bond donors (Lipinski definition) is 1. The predicted molar refractivity (Wildman–Crippen MR) is 57.3 cm³/mol. The molecule has 1 heteroatoms. The third-order valence-electron chi connectivity index (χ3n) is 2.17. The maximum Gasteiger partial charge on any atom is -0.0100 e. The van der Waals surface area contributed by atoms with Crippen molar-refractivity contribution in [3.05, 3.63) is 48.2 Å². The maximum atomic E-state index is 5.32. The van der Waals surface area contributed by atoms with E-state index < -0.39 is 0 Å². The Morgan fingerprint density at radius 3 is 2.62 bits per heavy atom. The summed E-state index contributed by atoms with van der Waals surface area (Å²) in [4.78, 5) is 0. The minimum absolute atomic E-state index is 0.574. The van der Waals surface area contributed by atoms with Crippen molar-refractivity contribution in [3.63, 3.8) is 0 Å². The first-order valence-corrected chi connectivity index (χ1v) is 4.75. The van der Waals surface area contributed by atoms with Crippen LogP contribution in [0.1, 0.15) is 18.9 Å². The molecule has 1 aromatic carbocycles. The predicted octanol–water partition coefficient (Wildman–Crippen LogP) is 2.73. The van der Waals surface area contributed by atoms with Gasteiger partial charge in [0.15, 0.2) is 0 Å². The van der Waals surface area contributed by atoms with E-state index in [1.165, 1.54) is 5.56 Å². The zero-order valence-electron chi connectivity index (χ0n) is 8.11. The fourth-order valence-electron chi connectivity index (χ4n) is 1.32. The minimum Gasteiger partial charge on any atom is -0.405 e. The molecule has 0 saturated carbocycles. The monoisotopic (exact) mass is 175 g/mol. The summed E-state index contributed by atoms with van der Waals surface area (Å²) in [7, 11) is 0. The summed E-state index contributed by atoms with van der Waals surface area (Å²) in [6.07, 6.45) is 5.97. The molecular formula is C12H17N. The van der Waals surface area contributed by atoms with Gasteiger partial charge in [0.2, 0.25) is 0 Å². The number of benzene rings is 1. The molecule has 0 aromatic heterocycles. The fraction of sp³-hybridized carbons (Fsp3) is 0.333. The highest BCUT2D eigenvalue weighted by Gasteiger charge is 1.97. The molecule has 0 aliphatic carbocycles. The van der Waals surface area contributed by atoms with Gasteiger partial charge in [-0.25, -0.2) is 0 Å². The molecule has 0 heterocycles. The van der Waals surface area contributed by atoms with Crippen LogP contribution in [0, 0.1) is 5.92 Å². The van der Waals surface area contributed by atoms with Crippen LogP contribution < -0.4 is 5.73 Å². The topological polar surface area (TPSA) is 26.0 Å². The lowest BCUT2D eigenvalue weighted by Crippen LogP contribution is -1.94. The Balaban J connectivity index is 2.35. The Bertz CT molecular complexity index is 251. The number of nitrogens with two attached hydrogens (primary N) is 1. The standard InChI is InChI=1S/C12H17N/c1-11(9-10-13)7-8-12-5-3-2-4-6-12/h2-6,9-11H,7-8,13H2,1H3. The van der Waals surface area contributed by atoms with Crippen LogP contribution in [0.25, 0.3) is 0 Å². The third kappa shape index (κ3) is 3.79. The number of aryl methyl sites for hydroxylation is 1. The van der Waals surface area contributed by atoms with Crippen LogP contribution in [0.2, 0.25) is 0 Å². The van der Waals surface area contributed by atoms with Crippen molar-refractivity contribution in [1.82, 2.24) is 0 Å². The van der Waals surface area contributed by atoms with Gasteiger partial charge in [0.25, 0.3) is 0 Å². The molecule has 0 radical (unpaired) electrons. The molecule has 1 atom stereocenters. The van der Waals surface area contributed by atoms with E-state index in [2.05, 4.69) is 31.2 Å². The van der Waals surface area contributed by atoms with Crippen molar-refractivity contribution < 1.29 is 0 Å². The zero-order valence-corrected chi connectivity index (χ0v) is 8.11. The van der Waals surface area contributed by atoms with Gasteiger partial charge < -0.3 is 5.73 Å².